The third-order valence-electron chi connectivity index (χ3n) is 2.67. The van der Waals surface area contributed by atoms with Crippen LogP contribution in [0.15, 0.2) is 4.99 Å². The predicted octanol–water partition coefficient (Wildman–Crippen LogP) is -1.34. The summed E-state index contributed by atoms with van der Waals surface area (Å²) >= 11 is 0. The second-order valence-electron chi connectivity index (χ2n) is 4.02. The normalized spacial score (nSPS) is 21.6. The third kappa shape index (κ3) is 4.58. The van der Waals surface area contributed by atoms with Crippen LogP contribution in [0.4, 0.5) is 0 Å². The van der Waals surface area contributed by atoms with E-state index in [4.69, 9.17) is 10.6 Å². The van der Waals surface area contributed by atoms with Gasteiger partial charge in [-0.05, 0) is 6.42 Å². The van der Waals surface area contributed by atoms with Gasteiger partial charge in [0.1, 0.15) is 0 Å². The van der Waals surface area contributed by atoms with Crippen molar-refractivity contribution in [1.82, 2.24) is 15.6 Å². The summed E-state index contributed by atoms with van der Waals surface area (Å²) in [6.07, 6.45) is 1.36. The van der Waals surface area contributed by atoms with Gasteiger partial charge >= 0.3 is 0 Å². The van der Waals surface area contributed by atoms with Gasteiger partial charge in [0.2, 0.25) is 11.9 Å². The first-order chi connectivity index (χ1) is 8.17. The van der Waals surface area contributed by atoms with Gasteiger partial charge in [0.05, 0.1) is 13.2 Å². The van der Waals surface area contributed by atoms with E-state index in [1.807, 2.05) is 0 Å². The first-order valence-electron chi connectivity index (χ1n) is 5.68. The molecule has 0 aliphatic carbocycles. The van der Waals surface area contributed by atoms with Crippen molar-refractivity contribution in [2.24, 2.45) is 10.8 Å². The molecule has 4 N–H and O–H groups in total. The number of piperidine rings is 1. The number of likely N-dealkylation sites (tertiary alicyclic amines) is 1. The molecular formula is C10H21N5O2. The molecule has 1 amide bonds. The first kappa shape index (κ1) is 13.7. The highest BCUT2D eigenvalue weighted by Crippen LogP contribution is 2.09. The summed E-state index contributed by atoms with van der Waals surface area (Å²) in [4.78, 5) is 17.2. The minimum atomic E-state index is 0.182. The van der Waals surface area contributed by atoms with Crippen LogP contribution in [0, 0.1) is 0 Å². The summed E-state index contributed by atoms with van der Waals surface area (Å²) in [5, 5.41) is 3.18. The third-order valence-corrected chi connectivity index (χ3v) is 2.67. The topological polar surface area (TPSA) is 92.0 Å². The maximum absolute atomic E-state index is 11.3. The Morgan fingerprint density at radius 3 is 3.06 bits per heavy atom. The molecule has 7 nitrogen and oxygen atoms in total. The van der Waals surface area contributed by atoms with E-state index in [2.05, 4.69) is 15.7 Å². The van der Waals surface area contributed by atoms with Crippen molar-refractivity contribution >= 4 is 11.9 Å². The quantitative estimate of drug-likeness (QED) is 0.187. The van der Waals surface area contributed by atoms with E-state index in [-0.39, 0.29) is 11.9 Å². The van der Waals surface area contributed by atoms with Gasteiger partial charge in [-0.1, -0.05) is 0 Å². The SMILES string of the molecule is COCCN=C(NN)NC1CCC(=O)N(C)C1. The molecule has 98 valence electrons. The molecule has 0 aromatic carbocycles. The summed E-state index contributed by atoms with van der Waals surface area (Å²) in [5.41, 5.74) is 2.51. The zero-order valence-corrected chi connectivity index (χ0v) is 10.4. The highest BCUT2D eigenvalue weighted by molar-refractivity contribution is 5.80. The van der Waals surface area contributed by atoms with Crippen molar-refractivity contribution in [2.45, 2.75) is 18.9 Å². The van der Waals surface area contributed by atoms with E-state index in [1.54, 1.807) is 19.1 Å². The van der Waals surface area contributed by atoms with E-state index in [1.165, 1.54) is 0 Å². The number of hydrazine groups is 1. The maximum Gasteiger partial charge on any atom is 0.222 e. The fourth-order valence-electron chi connectivity index (χ4n) is 1.71. The molecule has 0 bridgehead atoms. The summed E-state index contributed by atoms with van der Waals surface area (Å²) in [6.45, 7) is 1.77. The zero-order valence-electron chi connectivity index (χ0n) is 10.4. The molecule has 0 spiro atoms. The molecule has 1 unspecified atom stereocenters. The lowest BCUT2D eigenvalue weighted by Gasteiger charge is -2.30. The van der Waals surface area contributed by atoms with Gasteiger partial charge in [-0.15, -0.1) is 0 Å². The van der Waals surface area contributed by atoms with E-state index in [9.17, 15) is 4.79 Å². The number of hydrogen-bond donors (Lipinski definition) is 3. The minimum Gasteiger partial charge on any atom is -0.383 e. The van der Waals surface area contributed by atoms with Gasteiger partial charge in [0.15, 0.2) is 0 Å². The molecule has 1 aliphatic rings. The molecule has 0 radical (unpaired) electrons. The number of nitrogens with zero attached hydrogens (tertiary/aromatic N) is 2. The largest absolute Gasteiger partial charge is 0.383 e. The summed E-state index contributed by atoms with van der Waals surface area (Å²) in [7, 11) is 3.42. The number of hydrogen-bond acceptors (Lipinski definition) is 4. The number of ether oxygens (including phenoxy) is 1. The van der Waals surface area contributed by atoms with Crippen molar-refractivity contribution < 1.29 is 9.53 Å². The lowest BCUT2D eigenvalue weighted by Crippen LogP contribution is -2.53. The molecule has 0 saturated carbocycles. The van der Waals surface area contributed by atoms with Crippen LogP contribution in [0.25, 0.3) is 0 Å². The van der Waals surface area contributed by atoms with Crippen LogP contribution in [-0.2, 0) is 9.53 Å². The summed E-state index contributed by atoms with van der Waals surface area (Å²) < 4.78 is 4.90. The van der Waals surface area contributed by atoms with Crippen LogP contribution >= 0.6 is 0 Å². The van der Waals surface area contributed by atoms with Crippen LogP contribution in [0.3, 0.4) is 0 Å². The number of rotatable bonds is 4. The molecule has 1 aliphatic heterocycles. The Balaban J connectivity index is 2.40. The lowest BCUT2D eigenvalue weighted by atomic mass is 10.1. The summed E-state index contributed by atoms with van der Waals surface area (Å²) in [5.74, 6) is 6.09. The molecule has 17 heavy (non-hydrogen) atoms. The molecule has 0 aromatic rings. The average molecular weight is 243 g/mol. The highest BCUT2D eigenvalue weighted by atomic mass is 16.5. The van der Waals surface area contributed by atoms with Crippen LogP contribution in [0.1, 0.15) is 12.8 Å². The van der Waals surface area contributed by atoms with E-state index in [0.29, 0.717) is 32.1 Å². The number of nitrogens with two attached hydrogens (primary N) is 1. The molecule has 1 saturated heterocycles. The van der Waals surface area contributed by atoms with Crippen LogP contribution in [0.5, 0.6) is 0 Å². The maximum atomic E-state index is 11.3. The lowest BCUT2D eigenvalue weighted by molar-refractivity contribution is -0.132. The molecule has 1 atom stereocenters. The number of likely N-dealkylation sites (N-methyl/N-ethyl adjacent to an activating group) is 1. The Kier molecular flexibility index (Phi) is 5.71. The van der Waals surface area contributed by atoms with Gasteiger partial charge in [-0.3, -0.25) is 10.2 Å². The zero-order chi connectivity index (χ0) is 12.7. The number of methoxy groups -OCH3 is 1. The average Bonchev–Trinajstić information content (AvgIpc) is 2.32. The van der Waals surface area contributed by atoms with Gasteiger partial charge in [0, 0.05) is 33.2 Å². The standard InChI is InChI=1S/C10H21N5O2/c1-15-7-8(3-4-9(15)16)13-10(14-11)12-5-6-17-2/h8H,3-7,11H2,1-2H3,(H2,12,13,14). The molecule has 1 rings (SSSR count). The minimum absolute atomic E-state index is 0.182. The molecule has 1 heterocycles. The number of carbonyl (C=O) groups is 1. The Morgan fingerprint density at radius 1 is 1.71 bits per heavy atom. The van der Waals surface area contributed by atoms with Gasteiger partial charge < -0.3 is 15.0 Å². The predicted molar refractivity (Wildman–Crippen MR) is 65.3 cm³/mol. The van der Waals surface area contributed by atoms with E-state index in [0.717, 1.165) is 6.42 Å². The fourth-order valence-corrected chi connectivity index (χ4v) is 1.71. The van der Waals surface area contributed by atoms with Crippen LogP contribution < -0.4 is 16.6 Å². The molecule has 0 aromatic heterocycles. The molecule has 7 heteroatoms. The van der Waals surface area contributed by atoms with Gasteiger partial charge in [0.25, 0.3) is 0 Å². The van der Waals surface area contributed by atoms with Crippen molar-refractivity contribution in [3.63, 3.8) is 0 Å². The highest BCUT2D eigenvalue weighted by Gasteiger charge is 2.23. The van der Waals surface area contributed by atoms with Crippen LogP contribution in [-0.4, -0.2) is 56.7 Å². The first-order valence-corrected chi connectivity index (χ1v) is 5.68. The molecule has 1 fully saturated rings. The second kappa shape index (κ2) is 7.08. The van der Waals surface area contributed by atoms with Crippen molar-refractivity contribution in [1.29, 1.82) is 0 Å². The van der Waals surface area contributed by atoms with Crippen molar-refractivity contribution in [2.75, 3.05) is 33.9 Å². The number of amides is 1. The Hall–Kier alpha value is -1.34. The Labute approximate surface area is 101 Å². The van der Waals surface area contributed by atoms with Crippen LogP contribution in [0.2, 0.25) is 0 Å². The Morgan fingerprint density at radius 2 is 2.47 bits per heavy atom. The number of nitrogens with one attached hydrogen (secondary N) is 2. The fraction of sp³-hybridized carbons (Fsp3) is 0.800. The summed E-state index contributed by atoms with van der Waals surface area (Å²) in [6, 6.07) is 0.190. The van der Waals surface area contributed by atoms with E-state index < -0.39 is 0 Å². The smallest absolute Gasteiger partial charge is 0.222 e. The van der Waals surface area contributed by atoms with Gasteiger partial charge in [-0.2, -0.15) is 0 Å². The van der Waals surface area contributed by atoms with Crippen molar-refractivity contribution in [3.05, 3.63) is 0 Å². The second-order valence-corrected chi connectivity index (χ2v) is 4.02. The molecular weight excluding hydrogens is 222 g/mol. The Bertz CT molecular complexity index is 282. The van der Waals surface area contributed by atoms with Crippen molar-refractivity contribution in [3.8, 4) is 0 Å². The monoisotopic (exact) mass is 243 g/mol. The van der Waals surface area contributed by atoms with Gasteiger partial charge in [-0.25, -0.2) is 10.8 Å². The van der Waals surface area contributed by atoms with E-state index >= 15 is 0 Å². The number of guanidine groups is 1. The number of aliphatic imine (C=N–C) groups is 1. The number of carbonyl (C=O) groups excluding carboxylic acids is 1.